The van der Waals surface area contributed by atoms with Crippen LogP contribution in [0.2, 0.25) is 0 Å². The van der Waals surface area contributed by atoms with E-state index in [0.717, 1.165) is 37.2 Å². The van der Waals surface area contributed by atoms with Gasteiger partial charge in [-0.15, -0.1) is 24.0 Å². The summed E-state index contributed by atoms with van der Waals surface area (Å²) in [4.78, 5) is 6.62. The largest absolute Gasteiger partial charge is 0.369 e. The first-order valence-corrected chi connectivity index (χ1v) is 12.0. The maximum Gasteiger partial charge on any atom is 0.236 e. The molecule has 0 spiro atoms. The van der Waals surface area contributed by atoms with E-state index < -0.39 is 10.0 Å². The van der Waals surface area contributed by atoms with Gasteiger partial charge in [0, 0.05) is 45.0 Å². The number of hydrogen-bond donors (Lipinski definition) is 2. The van der Waals surface area contributed by atoms with Crippen molar-refractivity contribution in [2.45, 2.75) is 18.9 Å². The van der Waals surface area contributed by atoms with Gasteiger partial charge >= 0.3 is 0 Å². The zero-order valence-corrected chi connectivity index (χ0v) is 20.8. The molecule has 0 aromatic heterocycles. The maximum absolute atomic E-state index is 12.8. The number of hydrogen-bond acceptors (Lipinski definition) is 4. The van der Waals surface area contributed by atoms with Crippen molar-refractivity contribution < 1.29 is 8.42 Å². The third-order valence-electron chi connectivity index (χ3n) is 5.71. The number of nitrogens with one attached hydrogen (secondary N) is 2. The molecule has 2 heterocycles. The fourth-order valence-corrected chi connectivity index (χ4v) is 5.57. The van der Waals surface area contributed by atoms with Crippen LogP contribution in [-0.4, -0.2) is 59.4 Å². The molecular weight excluding hydrogens is 525 g/mol. The summed E-state index contributed by atoms with van der Waals surface area (Å²) in [7, 11) is -1.66. The van der Waals surface area contributed by atoms with Gasteiger partial charge in [0.25, 0.3) is 0 Å². The van der Waals surface area contributed by atoms with Crippen LogP contribution in [0.25, 0.3) is 0 Å². The average molecular weight is 555 g/mol. The van der Waals surface area contributed by atoms with Gasteiger partial charge < -0.3 is 15.5 Å². The lowest BCUT2D eigenvalue weighted by atomic mass is 10.2. The maximum atomic E-state index is 12.8. The molecule has 2 aromatic rings. The van der Waals surface area contributed by atoms with E-state index in [1.165, 1.54) is 9.99 Å². The molecule has 168 valence electrons. The highest BCUT2D eigenvalue weighted by molar-refractivity contribution is 14.0. The summed E-state index contributed by atoms with van der Waals surface area (Å²) >= 11 is 0. The Balaban J connectivity index is 0.00000272. The number of anilines is 2. The molecule has 0 radical (unpaired) electrons. The number of fused-ring (bicyclic) bond motifs is 1. The van der Waals surface area contributed by atoms with Crippen LogP contribution in [0.3, 0.4) is 0 Å². The molecule has 1 unspecified atom stereocenters. The molecule has 7 nitrogen and oxygen atoms in total. The van der Waals surface area contributed by atoms with Gasteiger partial charge in [-0.1, -0.05) is 36.4 Å². The van der Waals surface area contributed by atoms with Crippen LogP contribution in [0.1, 0.15) is 12.0 Å². The van der Waals surface area contributed by atoms with Crippen molar-refractivity contribution in [3.05, 3.63) is 60.2 Å². The second-order valence-corrected chi connectivity index (χ2v) is 9.69. The summed E-state index contributed by atoms with van der Waals surface area (Å²) in [6, 6.07) is 18.4. The molecule has 2 aliphatic rings. The Bertz CT molecular complexity index is 1000. The van der Waals surface area contributed by atoms with E-state index in [-0.39, 0.29) is 35.8 Å². The molecule has 9 heteroatoms. The van der Waals surface area contributed by atoms with Gasteiger partial charge in [0.1, 0.15) is 0 Å². The first kappa shape index (κ1) is 23.6. The molecule has 4 rings (SSSR count). The Labute approximate surface area is 202 Å². The number of rotatable bonds is 6. The van der Waals surface area contributed by atoms with Crippen molar-refractivity contribution in [2.75, 3.05) is 48.2 Å². The van der Waals surface area contributed by atoms with Crippen molar-refractivity contribution in [2.24, 2.45) is 4.99 Å². The van der Waals surface area contributed by atoms with E-state index in [4.69, 9.17) is 0 Å². The zero-order chi connectivity index (χ0) is 21.0. The minimum absolute atomic E-state index is 0. The zero-order valence-electron chi connectivity index (χ0n) is 17.7. The predicted molar refractivity (Wildman–Crippen MR) is 138 cm³/mol. The summed E-state index contributed by atoms with van der Waals surface area (Å²) in [6.07, 6.45) is 1.78. The van der Waals surface area contributed by atoms with E-state index in [1.54, 1.807) is 7.05 Å². The van der Waals surface area contributed by atoms with Gasteiger partial charge in [0.15, 0.2) is 5.96 Å². The number of sulfonamides is 1. The Kier molecular flexibility index (Phi) is 8.04. The molecule has 0 amide bonds. The van der Waals surface area contributed by atoms with Gasteiger partial charge in [-0.25, -0.2) is 8.42 Å². The van der Waals surface area contributed by atoms with Crippen molar-refractivity contribution in [1.29, 1.82) is 0 Å². The molecule has 1 saturated heterocycles. The third-order valence-corrected chi connectivity index (χ3v) is 7.48. The van der Waals surface area contributed by atoms with Crippen molar-refractivity contribution in [1.82, 2.24) is 10.6 Å². The smallest absolute Gasteiger partial charge is 0.236 e. The lowest BCUT2D eigenvalue weighted by Crippen LogP contribution is -2.46. The first-order valence-electron chi connectivity index (χ1n) is 10.4. The van der Waals surface area contributed by atoms with Gasteiger partial charge in [-0.2, -0.15) is 0 Å². The van der Waals surface area contributed by atoms with E-state index >= 15 is 0 Å². The molecule has 31 heavy (non-hydrogen) atoms. The first-order chi connectivity index (χ1) is 14.6. The van der Waals surface area contributed by atoms with Gasteiger partial charge in [-0.05, 0) is 36.6 Å². The SMILES string of the molecule is CN=C(NCCS(=O)(=O)N1CCc2ccccc21)NC1CCN(c2ccccc2)C1.I. The number of halogens is 1. The Morgan fingerprint density at radius 1 is 1.10 bits per heavy atom. The minimum Gasteiger partial charge on any atom is -0.369 e. The normalized spacial score (nSPS) is 18.5. The lowest BCUT2D eigenvalue weighted by molar-refractivity contribution is 0.590. The van der Waals surface area contributed by atoms with Crippen LogP contribution < -0.4 is 19.8 Å². The lowest BCUT2D eigenvalue weighted by Gasteiger charge is -2.21. The summed E-state index contributed by atoms with van der Waals surface area (Å²) in [5, 5.41) is 6.59. The standard InChI is InChI=1S/C22H29N5O2S.HI/c1-23-22(25-19-12-14-26(17-19)20-8-3-2-4-9-20)24-13-16-30(28,29)27-15-11-18-7-5-6-10-21(18)27;/h2-10,19H,11-17H2,1H3,(H2,23,24,25);1H. The van der Waals surface area contributed by atoms with Crippen molar-refractivity contribution in [3.8, 4) is 0 Å². The van der Waals surface area contributed by atoms with E-state index in [0.29, 0.717) is 19.0 Å². The van der Waals surface area contributed by atoms with Crippen LogP contribution in [0.4, 0.5) is 11.4 Å². The fraction of sp³-hybridized carbons (Fsp3) is 0.409. The number of nitrogens with zero attached hydrogens (tertiary/aromatic N) is 3. The highest BCUT2D eigenvalue weighted by Crippen LogP contribution is 2.29. The van der Waals surface area contributed by atoms with Crippen LogP contribution in [0.15, 0.2) is 59.6 Å². The third kappa shape index (κ3) is 5.62. The fourth-order valence-electron chi connectivity index (χ4n) is 4.14. The van der Waals surface area contributed by atoms with Crippen molar-refractivity contribution >= 4 is 51.3 Å². The predicted octanol–water partition coefficient (Wildman–Crippen LogP) is 2.44. The Morgan fingerprint density at radius 3 is 2.61 bits per heavy atom. The highest BCUT2D eigenvalue weighted by atomic mass is 127. The van der Waals surface area contributed by atoms with Crippen LogP contribution >= 0.6 is 24.0 Å². The Hall–Kier alpha value is -2.01. The molecule has 0 bridgehead atoms. The van der Waals surface area contributed by atoms with E-state index in [2.05, 4.69) is 44.8 Å². The molecule has 1 fully saturated rings. The van der Waals surface area contributed by atoms with Gasteiger partial charge in [0.2, 0.25) is 10.0 Å². The summed E-state index contributed by atoms with van der Waals surface area (Å²) in [6.45, 7) is 2.72. The number of aliphatic imine (C=N–C) groups is 1. The second-order valence-electron chi connectivity index (χ2n) is 7.68. The average Bonchev–Trinajstić information content (AvgIpc) is 3.41. The van der Waals surface area contributed by atoms with Crippen LogP contribution in [-0.2, 0) is 16.4 Å². The quantitative estimate of drug-likeness (QED) is 0.326. The minimum atomic E-state index is -3.37. The summed E-state index contributed by atoms with van der Waals surface area (Å²) < 4.78 is 27.2. The van der Waals surface area contributed by atoms with Crippen molar-refractivity contribution in [3.63, 3.8) is 0 Å². The topological polar surface area (TPSA) is 77.0 Å². The van der Waals surface area contributed by atoms with Gasteiger partial charge in [-0.3, -0.25) is 9.30 Å². The van der Waals surface area contributed by atoms with E-state index in [9.17, 15) is 8.42 Å². The van der Waals surface area contributed by atoms with Crippen LogP contribution in [0.5, 0.6) is 0 Å². The molecule has 2 N–H and O–H groups in total. The molecule has 2 aliphatic heterocycles. The number of guanidine groups is 1. The molecular formula is C22H30IN5O2S. The van der Waals surface area contributed by atoms with E-state index in [1.807, 2.05) is 30.3 Å². The number of benzene rings is 2. The molecule has 0 aliphatic carbocycles. The molecule has 1 atom stereocenters. The number of para-hydroxylation sites is 2. The summed E-state index contributed by atoms with van der Waals surface area (Å²) in [5.74, 6) is 0.676. The van der Waals surface area contributed by atoms with Crippen LogP contribution in [0, 0.1) is 0 Å². The summed E-state index contributed by atoms with van der Waals surface area (Å²) in [5.41, 5.74) is 3.13. The Morgan fingerprint density at radius 2 is 1.84 bits per heavy atom. The molecule has 2 aromatic carbocycles. The van der Waals surface area contributed by atoms with Gasteiger partial charge in [0.05, 0.1) is 11.4 Å². The monoisotopic (exact) mass is 555 g/mol. The second kappa shape index (κ2) is 10.5. The molecule has 0 saturated carbocycles. The highest BCUT2D eigenvalue weighted by Gasteiger charge is 2.29.